The van der Waals surface area contributed by atoms with Gasteiger partial charge in [0.1, 0.15) is 11.3 Å². The van der Waals surface area contributed by atoms with E-state index in [9.17, 15) is 18.0 Å². The second-order valence-electron chi connectivity index (χ2n) is 4.68. The van der Waals surface area contributed by atoms with Gasteiger partial charge in [-0.2, -0.15) is 18.3 Å². The fourth-order valence-electron chi connectivity index (χ4n) is 1.98. The van der Waals surface area contributed by atoms with E-state index in [2.05, 4.69) is 10.3 Å². The van der Waals surface area contributed by atoms with Crippen molar-refractivity contribution >= 4 is 28.9 Å². The summed E-state index contributed by atoms with van der Waals surface area (Å²) in [7, 11) is 0. The van der Waals surface area contributed by atoms with Gasteiger partial charge in [-0.1, -0.05) is 16.8 Å². The van der Waals surface area contributed by atoms with E-state index in [4.69, 9.17) is 21.2 Å². The van der Waals surface area contributed by atoms with Gasteiger partial charge in [-0.3, -0.25) is 4.68 Å². The van der Waals surface area contributed by atoms with Crippen LogP contribution in [0.4, 0.5) is 13.2 Å². The van der Waals surface area contributed by atoms with E-state index in [0.717, 1.165) is 10.9 Å². The molecule has 0 spiro atoms. The molecule has 11 heteroatoms. The number of alkyl halides is 3. The fraction of sp³-hybridized carbons (Fsp3) is 0.154. The van der Waals surface area contributed by atoms with Crippen molar-refractivity contribution in [2.24, 2.45) is 0 Å². The molecule has 0 bridgehead atoms. The summed E-state index contributed by atoms with van der Waals surface area (Å²) in [5, 5.41) is 15.9. The molecule has 0 aliphatic carbocycles. The molecule has 1 N–H and O–H groups in total. The molecule has 0 aromatic carbocycles. The molecule has 24 heavy (non-hydrogen) atoms. The summed E-state index contributed by atoms with van der Waals surface area (Å²) in [4.78, 5) is 11.6. The molecule has 3 aromatic rings. The van der Waals surface area contributed by atoms with Crippen LogP contribution in [0.15, 0.2) is 28.9 Å². The predicted molar refractivity (Wildman–Crippen MR) is 78.1 cm³/mol. The van der Waals surface area contributed by atoms with Crippen molar-refractivity contribution < 1.29 is 27.6 Å². The Labute approximate surface area is 141 Å². The van der Waals surface area contributed by atoms with E-state index in [0.29, 0.717) is 20.7 Å². The topological polar surface area (TPSA) is 81.1 Å². The minimum atomic E-state index is -4.86. The Hall–Kier alpha value is -2.33. The molecule has 0 fully saturated rings. The highest BCUT2D eigenvalue weighted by molar-refractivity contribution is 7.19. The quantitative estimate of drug-likeness (QED) is 0.742. The molecule has 0 aliphatic rings. The Morgan fingerprint density at radius 3 is 2.71 bits per heavy atom. The maximum atomic E-state index is 12.8. The van der Waals surface area contributed by atoms with E-state index in [1.165, 1.54) is 17.4 Å². The number of halogens is 4. The van der Waals surface area contributed by atoms with E-state index in [-0.39, 0.29) is 6.54 Å². The summed E-state index contributed by atoms with van der Waals surface area (Å²) in [6.07, 6.45) is -4.05. The number of hydrogen-bond acceptors (Lipinski definition) is 5. The van der Waals surface area contributed by atoms with Crippen molar-refractivity contribution in [2.45, 2.75) is 12.7 Å². The number of carboxylic acids is 1. The van der Waals surface area contributed by atoms with Crippen LogP contribution in [0.3, 0.4) is 0 Å². The second kappa shape index (κ2) is 5.95. The molecule has 126 valence electrons. The van der Waals surface area contributed by atoms with Crippen LogP contribution in [0.25, 0.3) is 10.6 Å². The van der Waals surface area contributed by atoms with Crippen molar-refractivity contribution in [1.29, 1.82) is 0 Å². The molecule has 3 heterocycles. The minimum Gasteiger partial charge on any atom is -0.478 e. The third-order valence-corrected chi connectivity index (χ3v) is 4.21. The molecule has 0 aliphatic heterocycles. The molecule has 0 atom stereocenters. The van der Waals surface area contributed by atoms with Gasteiger partial charge in [0.25, 0.3) is 0 Å². The second-order valence-corrected chi connectivity index (χ2v) is 6.39. The van der Waals surface area contributed by atoms with Crippen LogP contribution in [0.5, 0.6) is 0 Å². The van der Waals surface area contributed by atoms with Crippen molar-refractivity contribution in [3.8, 4) is 10.6 Å². The van der Waals surface area contributed by atoms with Gasteiger partial charge >= 0.3 is 12.1 Å². The first-order valence-electron chi connectivity index (χ1n) is 6.33. The summed E-state index contributed by atoms with van der Waals surface area (Å²) >= 11 is 7.08. The number of rotatable bonds is 4. The fourth-order valence-corrected chi connectivity index (χ4v) is 2.97. The number of aromatic carboxylic acids is 1. The van der Waals surface area contributed by atoms with Crippen LogP contribution >= 0.6 is 22.9 Å². The highest BCUT2D eigenvalue weighted by atomic mass is 35.5. The molecule has 6 nitrogen and oxygen atoms in total. The van der Waals surface area contributed by atoms with Gasteiger partial charge < -0.3 is 9.63 Å². The SMILES string of the molecule is O=C(O)c1cn(Cc2cc(-c3ccc(Cl)s3)on2)nc1C(F)(F)F. The van der Waals surface area contributed by atoms with Crippen molar-refractivity contribution in [3.63, 3.8) is 0 Å². The van der Waals surface area contributed by atoms with Crippen LogP contribution in [-0.2, 0) is 12.7 Å². The molecular weight excluding hydrogens is 371 g/mol. The third kappa shape index (κ3) is 3.29. The van der Waals surface area contributed by atoms with Gasteiger partial charge in [0.15, 0.2) is 11.5 Å². The van der Waals surface area contributed by atoms with Gasteiger partial charge in [0.2, 0.25) is 0 Å². The smallest absolute Gasteiger partial charge is 0.436 e. The zero-order valence-corrected chi connectivity index (χ0v) is 13.1. The molecule has 3 aromatic heterocycles. The number of carbonyl (C=O) groups is 1. The first kappa shape index (κ1) is 16.5. The van der Waals surface area contributed by atoms with E-state index in [1.807, 2.05) is 0 Å². The van der Waals surface area contributed by atoms with E-state index in [1.54, 1.807) is 12.1 Å². The zero-order valence-electron chi connectivity index (χ0n) is 11.5. The van der Waals surface area contributed by atoms with Gasteiger partial charge in [-0.05, 0) is 12.1 Å². The highest BCUT2D eigenvalue weighted by Gasteiger charge is 2.39. The van der Waals surface area contributed by atoms with Crippen LogP contribution in [0, 0.1) is 0 Å². The molecule has 3 rings (SSSR count). The lowest BCUT2D eigenvalue weighted by Gasteiger charge is -2.02. The minimum absolute atomic E-state index is 0.168. The number of carboxylic acid groups (broad SMARTS) is 1. The van der Waals surface area contributed by atoms with Crippen molar-refractivity contribution in [2.75, 3.05) is 0 Å². The standard InChI is InChI=1S/C13H7ClF3N3O3S/c14-10-2-1-9(24-10)8-3-6(19-23-8)4-20-5-7(12(21)22)11(18-20)13(15,16)17/h1-3,5H,4H2,(H,21,22). The Kier molecular flexibility index (Phi) is 4.10. The first-order valence-corrected chi connectivity index (χ1v) is 7.52. The summed E-state index contributed by atoms with van der Waals surface area (Å²) in [5.74, 6) is -1.30. The average molecular weight is 378 g/mol. The lowest BCUT2D eigenvalue weighted by Crippen LogP contribution is -2.12. The van der Waals surface area contributed by atoms with E-state index < -0.39 is 23.4 Å². The average Bonchev–Trinajstić information content (AvgIpc) is 3.17. The number of aromatic nitrogens is 3. The van der Waals surface area contributed by atoms with Crippen LogP contribution in [-0.4, -0.2) is 26.0 Å². The third-order valence-electron chi connectivity index (χ3n) is 2.96. The normalized spacial score (nSPS) is 11.8. The monoisotopic (exact) mass is 377 g/mol. The largest absolute Gasteiger partial charge is 0.478 e. The van der Waals surface area contributed by atoms with Gasteiger partial charge in [0.05, 0.1) is 15.8 Å². The maximum Gasteiger partial charge on any atom is 0.436 e. The molecular formula is C13H7ClF3N3O3S. The lowest BCUT2D eigenvalue weighted by molar-refractivity contribution is -0.142. The highest BCUT2D eigenvalue weighted by Crippen LogP contribution is 2.32. The number of nitrogens with zero attached hydrogens (tertiary/aromatic N) is 3. The van der Waals surface area contributed by atoms with Gasteiger partial charge in [-0.25, -0.2) is 4.79 Å². The summed E-state index contributed by atoms with van der Waals surface area (Å²) in [6, 6.07) is 4.92. The number of thiophene rings is 1. The summed E-state index contributed by atoms with van der Waals surface area (Å²) in [6.45, 7) is -0.168. The molecule has 0 amide bonds. The Balaban J connectivity index is 1.87. The molecule has 0 saturated heterocycles. The maximum absolute atomic E-state index is 12.8. The first-order chi connectivity index (χ1) is 11.2. The number of hydrogen-bond donors (Lipinski definition) is 1. The van der Waals surface area contributed by atoms with Crippen LogP contribution < -0.4 is 0 Å². The van der Waals surface area contributed by atoms with Crippen molar-refractivity contribution in [1.82, 2.24) is 14.9 Å². The van der Waals surface area contributed by atoms with E-state index >= 15 is 0 Å². The summed E-state index contributed by atoms with van der Waals surface area (Å²) < 4.78 is 44.9. The Morgan fingerprint density at radius 2 is 2.17 bits per heavy atom. The zero-order chi connectivity index (χ0) is 17.5. The predicted octanol–water partition coefficient (Wildman–Crippen LogP) is 4.02. The van der Waals surface area contributed by atoms with Crippen LogP contribution in [0.1, 0.15) is 21.7 Å². The van der Waals surface area contributed by atoms with Crippen molar-refractivity contribution in [3.05, 3.63) is 45.7 Å². The van der Waals surface area contributed by atoms with Gasteiger partial charge in [-0.15, -0.1) is 11.3 Å². The molecule has 0 saturated carbocycles. The summed E-state index contributed by atoms with van der Waals surface area (Å²) in [5.41, 5.74) is -2.08. The molecule has 0 unspecified atom stereocenters. The van der Waals surface area contributed by atoms with Gasteiger partial charge in [0, 0.05) is 12.3 Å². The van der Waals surface area contributed by atoms with Crippen LogP contribution in [0.2, 0.25) is 4.34 Å². The Bertz CT molecular complexity index is 900. The Morgan fingerprint density at radius 1 is 1.42 bits per heavy atom. The molecule has 0 radical (unpaired) electrons. The lowest BCUT2D eigenvalue weighted by atomic mass is 10.2.